The third kappa shape index (κ3) is 2.47. The summed E-state index contributed by atoms with van der Waals surface area (Å²) < 4.78 is 0.933. The minimum absolute atomic E-state index is 0.150. The smallest absolute Gasteiger partial charge is 0.0580 e. The van der Waals surface area contributed by atoms with E-state index in [2.05, 4.69) is 15.9 Å². The molecule has 12 heavy (non-hydrogen) atoms. The Morgan fingerprint density at radius 1 is 1.58 bits per heavy atom. The van der Waals surface area contributed by atoms with Crippen LogP contribution >= 0.6 is 27.5 Å². The molecular weight excluding hydrogens is 237 g/mol. The predicted octanol–water partition coefficient (Wildman–Crippen LogP) is 2.99. The van der Waals surface area contributed by atoms with Crippen molar-refractivity contribution in [2.45, 2.75) is 19.4 Å². The van der Waals surface area contributed by atoms with E-state index in [-0.39, 0.29) is 6.04 Å². The third-order valence-corrected chi connectivity index (χ3v) is 2.91. The summed E-state index contributed by atoms with van der Waals surface area (Å²) in [6.45, 7) is 1.97. The van der Waals surface area contributed by atoms with Crippen LogP contribution in [-0.2, 0) is 6.42 Å². The summed E-state index contributed by atoms with van der Waals surface area (Å²) >= 11 is 9.40. The minimum atomic E-state index is 0.150. The summed E-state index contributed by atoms with van der Waals surface area (Å²) in [5.41, 5.74) is 6.77. The molecule has 0 radical (unpaired) electrons. The number of nitrogens with two attached hydrogens (primary N) is 1. The minimum Gasteiger partial charge on any atom is -0.328 e. The van der Waals surface area contributed by atoms with Gasteiger partial charge in [0.2, 0.25) is 0 Å². The maximum absolute atomic E-state index is 6.03. The Labute approximate surface area is 86.0 Å². The molecule has 0 fully saturated rings. The summed E-state index contributed by atoms with van der Waals surface area (Å²) in [6.07, 6.45) is 0.818. The van der Waals surface area contributed by atoms with Gasteiger partial charge in [-0.25, -0.2) is 0 Å². The summed E-state index contributed by atoms with van der Waals surface area (Å²) in [5.74, 6) is 0. The SMILES string of the molecule is C[C@@H](N)Cc1cccc(Br)c1Cl. The third-order valence-electron chi connectivity index (χ3n) is 1.57. The molecule has 1 aromatic carbocycles. The molecule has 0 heterocycles. The van der Waals surface area contributed by atoms with Crippen molar-refractivity contribution in [2.24, 2.45) is 5.73 Å². The Balaban J connectivity index is 2.92. The zero-order valence-electron chi connectivity index (χ0n) is 6.85. The van der Waals surface area contributed by atoms with Crippen LogP contribution in [0.25, 0.3) is 0 Å². The molecule has 1 aromatic rings. The van der Waals surface area contributed by atoms with Crippen LogP contribution in [0.5, 0.6) is 0 Å². The van der Waals surface area contributed by atoms with E-state index in [4.69, 9.17) is 17.3 Å². The average molecular weight is 249 g/mol. The zero-order valence-corrected chi connectivity index (χ0v) is 9.19. The Morgan fingerprint density at radius 2 is 2.25 bits per heavy atom. The van der Waals surface area contributed by atoms with Gasteiger partial charge in [0, 0.05) is 10.5 Å². The topological polar surface area (TPSA) is 26.0 Å². The zero-order chi connectivity index (χ0) is 9.14. The van der Waals surface area contributed by atoms with E-state index >= 15 is 0 Å². The van der Waals surface area contributed by atoms with Gasteiger partial charge in [0.05, 0.1) is 5.02 Å². The highest BCUT2D eigenvalue weighted by Crippen LogP contribution is 2.26. The van der Waals surface area contributed by atoms with Crippen molar-refractivity contribution >= 4 is 27.5 Å². The van der Waals surface area contributed by atoms with Gasteiger partial charge in [0.25, 0.3) is 0 Å². The first-order valence-electron chi connectivity index (χ1n) is 3.79. The molecule has 0 aliphatic heterocycles. The lowest BCUT2D eigenvalue weighted by atomic mass is 10.1. The lowest BCUT2D eigenvalue weighted by Crippen LogP contribution is -2.17. The van der Waals surface area contributed by atoms with Crippen molar-refractivity contribution in [3.8, 4) is 0 Å². The van der Waals surface area contributed by atoms with Gasteiger partial charge in [-0.3, -0.25) is 0 Å². The molecule has 1 nitrogen and oxygen atoms in total. The largest absolute Gasteiger partial charge is 0.328 e. The average Bonchev–Trinajstić information content (AvgIpc) is 1.98. The van der Waals surface area contributed by atoms with Crippen molar-refractivity contribution in [3.05, 3.63) is 33.3 Å². The molecular formula is C9H11BrClN. The summed E-state index contributed by atoms with van der Waals surface area (Å²) in [6, 6.07) is 6.04. The fraction of sp³-hybridized carbons (Fsp3) is 0.333. The standard InChI is InChI=1S/C9H11BrClN/c1-6(12)5-7-3-2-4-8(10)9(7)11/h2-4,6H,5,12H2,1H3/t6-/m1/s1. The van der Waals surface area contributed by atoms with E-state index < -0.39 is 0 Å². The first-order chi connectivity index (χ1) is 5.61. The van der Waals surface area contributed by atoms with Crippen LogP contribution in [0.3, 0.4) is 0 Å². The van der Waals surface area contributed by atoms with Gasteiger partial charge in [-0.2, -0.15) is 0 Å². The van der Waals surface area contributed by atoms with Crippen molar-refractivity contribution in [1.82, 2.24) is 0 Å². The molecule has 0 aromatic heterocycles. The van der Waals surface area contributed by atoms with E-state index in [1.165, 1.54) is 0 Å². The van der Waals surface area contributed by atoms with Crippen molar-refractivity contribution in [1.29, 1.82) is 0 Å². The van der Waals surface area contributed by atoms with Gasteiger partial charge in [-0.05, 0) is 40.9 Å². The van der Waals surface area contributed by atoms with Crippen LogP contribution in [0.2, 0.25) is 5.02 Å². The Hall–Kier alpha value is -0.0500. The fourth-order valence-corrected chi connectivity index (χ4v) is 1.66. The number of halogens is 2. The summed E-state index contributed by atoms with van der Waals surface area (Å²) in [4.78, 5) is 0. The molecule has 2 N–H and O–H groups in total. The van der Waals surface area contributed by atoms with Crippen LogP contribution in [0.15, 0.2) is 22.7 Å². The Morgan fingerprint density at radius 3 is 2.83 bits per heavy atom. The van der Waals surface area contributed by atoms with E-state index in [0.29, 0.717) is 0 Å². The van der Waals surface area contributed by atoms with Crippen molar-refractivity contribution in [2.75, 3.05) is 0 Å². The monoisotopic (exact) mass is 247 g/mol. The summed E-state index contributed by atoms with van der Waals surface area (Å²) in [7, 11) is 0. The molecule has 0 spiro atoms. The van der Waals surface area contributed by atoms with Gasteiger partial charge in [-0.1, -0.05) is 23.7 Å². The lowest BCUT2D eigenvalue weighted by Gasteiger charge is -2.07. The first-order valence-corrected chi connectivity index (χ1v) is 4.97. The fourth-order valence-electron chi connectivity index (χ4n) is 1.05. The second kappa shape index (κ2) is 4.26. The number of rotatable bonds is 2. The molecule has 3 heteroatoms. The number of hydrogen-bond acceptors (Lipinski definition) is 1. The van der Waals surface area contributed by atoms with Gasteiger partial charge < -0.3 is 5.73 Å². The Kier molecular flexibility index (Phi) is 3.56. The van der Waals surface area contributed by atoms with E-state index in [1.807, 2.05) is 25.1 Å². The van der Waals surface area contributed by atoms with Crippen LogP contribution < -0.4 is 5.73 Å². The molecule has 1 rings (SSSR count). The second-order valence-corrected chi connectivity index (χ2v) is 4.13. The Bertz CT molecular complexity index is 273. The molecule has 0 aliphatic carbocycles. The van der Waals surface area contributed by atoms with E-state index in [1.54, 1.807) is 0 Å². The van der Waals surface area contributed by atoms with Crippen LogP contribution in [0.1, 0.15) is 12.5 Å². The lowest BCUT2D eigenvalue weighted by molar-refractivity contribution is 0.738. The molecule has 1 atom stereocenters. The van der Waals surface area contributed by atoms with Crippen LogP contribution in [0.4, 0.5) is 0 Å². The van der Waals surface area contributed by atoms with Gasteiger partial charge in [0.1, 0.15) is 0 Å². The van der Waals surface area contributed by atoms with E-state index in [9.17, 15) is 0 Å². The van der Waals surface area contributed by atoms with Gasteiger partial charge in [0.15, 0.2) is 0 Å². The van der Waals surface area contributed by atoms with Crippen molar-refractivity contribution in [3.63, 3.8) is 0 Å². The van der Waals surface area contributed by atoms with Crippen LogP contribution in [0, 0.1) is 0 Å². The van der Waals surface area contributed by atoms with E-state index in [0.717, 1.165) is 21.5 Å². The van der Waals surface area contributed by atoms with Crippen LogP contribution in [-0.4, -0.2) is 6.04 Å². The number of benzene rings is 1. The quantitative estimate of drug-likeness (QED) is 0.855. The highest BCUT2D eigenvalue weighted by molar-refractivity contribution is 9.10. The van der Waals surface area contributed by atoms with Gasteiger partial charge >= 0.3 is 0 Å². The molecule has 0 saturated heterocycles. The normalized spacial score (nSPS) is 13.0. The highest BCUT2D eigenvalue weighted by Gasteiger charge is 2.05. The molecule has 0 unspecified atom stereocenters. The molecule has 0 bridgehead atoms. The summed E-state index contributed by atoms with van der Waals surface area (Å²) in [5, 5.41) is 0.773. The number of hydrogen-bond donors (Lipinski definition) is 1. The molecule has 0 saturated carbocycles. The maximum atomic E-state index is 6.03. The van der Waals surface area contributed by atoms with Gasteiger partial charge in [-0.15, -0.1) is 0 Å². The first kappa shape index (κ1) is 10.0. The molecule has 0 aliphatic rings. The highest BCUT2D eigenvalue weighted by atomic mass is 79.9. The van der Waals surface area contributed by atoms with Crippen molar-refractivity contribution < 1.29 is 0 Å². The molecule has 66 valence electrons. The maximum Gasteiger partial charge on any atom is 0.0580 e. The predicted molar refractivity (Wildman–Crippen MR) is 56.5 cm³/mol. The molecule has 0 amide bonds. The second-order valence-electron chi connectivity index (χ2n) is 2.89.